The Kier molecular flexibility index (Phi) is 7.07. The van der Waals surface area contributed by atoms with Gasteiger partial charge in [-0.05, 0) is 55.3 Å². The van der Waals surface area contributed by atoms with Crippen LogP contribution in [0.2, 0.25) is 0 Å². The van der Waals surface area contributed by atoms with E-state index in [1.54, 1.807) is 13.0 Å². The molecule has 1 aliphatic rings. The number of hydrogen-bond acceptors (Lipinski definition) is 5. The quantitative estimate of drug-likeness (QED) is 0.446. The molecule has 1 atom stereocenters. The number of urea groups is 1. The van der Waals surface area contributed by atoms with Gasteiger partial charge in [-0.15, -0.1) is 0 Å². The summed E-state index contributed by atoms with van der Waals surface area (Å²) in [4.78, 5) is 30.1. The number of nitrogens with zero attached hydrogens (tertiary/aromatic N) is 2. The number of amides is 3. The van der Waals surface area contributed by atoms with Crippen molar-refractivity contribution in [2.45, 2.75) is 19.4 Å². The molecule has 1 aromatic heterocycles. The van der Waals surface area contributed by atoms with Gasteiger partial charge in [-0.3, -0.25) is 9.52 Å². The third-order valence-electron chi connectivity index (χ3n) is 5.62. The zero-order valence-corrected chi connectivity index (χ0v) is 20.5. The van der Waals surface area contributed by atoms with E-state index in [0.29, 0.717) is 5.56 Å². The van der Waals surface area contributed by atoms with Crippen LogP contribution in [0.3, 0.4) is 0 Å². The standard InChI is InChI=1S/C24H22F3N5O4S/c1-13-5-7-17(16(25)12-13)29-24(34)30-18-9-11-32(23(18)33)19-8-6-14(20(26)21(19)27)15-4-3-10-28-22(15)31-37(2,35)36/h3-8,10,12,18H,9,11H2,1-2H3,(H,28,31)(H2,29,30,34)/t18-/m1/s1. The van der Waals surface area contributed by atoms with Gasteiger partial charge in [0, 0.05) is 23.9 Å². The maximum Gasteiger partial charge on any atom is 0.319 e. The first kappa shape index (κ1) is 25.9. The summed E-state index contributed by atoms with van der Waals surface area (Å²) in [6, 6.07) is 7.55. The maximum atomic E-state index is 15.1. The van der Waals surface area contributed by atoms with Crippen LogP contribution in [-0.4, -0.2) is 44.2 Å². The van der Waals surface area contributed by atoms with Crippen molar-refractivity contribution in [1.29, 1.82) is 0 Å². The lowest BCUT2D eigenvalue weighted by Gasteiger charge is -2.20. The molecule has 3 N–H and O–H groups in total. The highest BCUT2D eigenvalue weighted by Crippen LogP contribution is 2.35. The first-order chi connectivity index (χ1) is 17.4. The van der Waals surface area contributed by atoms with Crippen molar-refractivity contribution in [2.24, 2.45) is 0 Å². The second-order valence-electron chi connectivity index (χ2n) is 8.45. The van der Waals surface area contributed by atoms with E-state index in [2.05, 4.69) is 20.3 Å². The third-order valence-corrected chi connectivity index (χ3v) is 6.18. The smallest absolute Gasteiger partial charge is 0.319 e. The van der Waals surface area contributed by atoms with Crippen LogP contribution in [-0.2, 0) is 14.8 Å². The van der Waals surface area contributed by atoms with Gasteiger partial charge in [-0.2, -0.15) is 0 Å². The summed E-state index contributed by atoms with van der Waals surface area (Å²) < 4.78 is 69.7. The second-order valence-corrected chi connectivity index (χ2v) is 10.2. The van der Waals surface area contributed by atoms with Crippen molar-refractivity contribution >= 4 is 39.2 Å². The van der Waals surface area contributed by atoms with E-state index >= 15 is 8.78 Å². The number of carbonyl (C=O) groups is 2. The largest absolute Gasteiger partial charge is 0.326 e. The minimum absolute atomic E-state index is 0.00294. The van der Waals surface area contributed by atoms with Crippen LogP contribution in [0.4, 0.5) is 35.2 Å². The van der Waals surface area contributed by atoms with E-state index in [-0.39, 0.29) is 41.3 Å². The van der Waals surface area contributed by atoms with Crippen LogP contribution < -0.4 is 20.3 Å². The Labute approximate surface area is 210 Å². The predicted molar refractivity (Wildman–Crippen MR) is 132 cm³/mol. The van der Waals surface area contributed by atoms with Crippen LogP contribution in [0, 0.1) is 24.4 Å². The number of anilines is 3. The summed E-state index contributed by atoms with van der Waals surface area (Å²) in [6.45, 7) is 1.68. The van der Waals surface area contributed by atoms with Gasteiger partial charge in [0.1, 0.15) is 17.7 Å². The third kappa shape index (κ3) is 5.66. The van der Waals surface area contributed by atoms with E-state index < -0.39 is 45.5 Å². The maximum absolute atomic E-state index is 15.1. The molecule has 9 nitrogen and oxygen atoms in total. The molecular formula is C24H22F3N5O4S. The molecule has 3 amide bonds. The van der Waals surface area contributed by atoms with Crippen molar-refractivity contribution in [2.75, 3.05) is 27.7 Å². The van der Waals surface area contributed by atoms with E-state index in [1.807, 2.05) is 0 Å². The van der Waals surface area contributed by atoms with Crippen LogP contribution in [0.25, 0.3) is 11.1 Å². The highest BCUT2D eigenvalue weighted by Gasteiger charge is 2.36. The first-order valence-corrected chi connectivity index (χ1v) is 12.9. The Bertz CT molecular complexity index is 1500. The normalized spacial score (nSPS) is 15.5. The molecule has 13 heteroatoms. The van der Waals surface area contributed by atoms with E-state index in [1.165, 1.54) is 42.6 Å². The fraction of sp³-hybridized carbons (Fsp3) is 0.208. The van der Waals surface area contributed by atoms with Gasteiger partial charge in [0.05, 0.1) is 17.6 Å². The molecule has 0 aliphatic carbocycles. The molecule has 3 aromatic rings. The van der Waals surface area contributed by atoms with Gasteiger partial charge in [0.25, 0.3) is 0 Å². The number of rotatable bonds is 6. The van der Waals surface area contributed by atoms with Gasteiger partial charge < -0.3 is 15.5 Å². The number of sulfonamides is 1. The Morgan fingerprint density at radius 1 is 1.08 bits per heavy atom. The highest BCUT2D eigenvalue weighted by molar-refractivity contribution is 7.92. The minimum Gasteiger partial charge on any atom is -0.326 e. The number of hydrogen-bond donors (Lipinski definition) is 3. The molecule has 194 valence electrons. The lowest BCUT2D eigenvalue weighted by atomic mass is 10.0. The first-order valence-electron chi connectivity index (χ1n) is 11.0. The molecular weight excluding hydrogens is 511 g/mol. The van der Waals surface area contributed by atoms with Crippen molar-refractivity contribution in [1.82, 2.24) is 10.3 Å². The van der Waals surface area contributed by atoms with E-state index in [9.17, 15) is 22.4 Å². The van der Waals surface area contributed by atoms with Gasteiger partial charge in [0.15, 0.2) is 11.6 Å². The molecule has 2 heterocycles. The Hall–Kier alpha value is -4.13. The average molecular weight is 534 g/mol. The molecule has 0 saturated carbocycles. The zero-order chi connectivity index (χ0) is 26.9. The number of carbonyl (C=O) groups excluding carboxylic acids is 2. The number of aromatic nitrogens is 1. The molecule has 0 bridgehead atoms. The van der Waals surface area contributed by atoms with E-state index in [4.69, 9.17) is 0 Å². The lowest BCUT2D eigenvalue weighted by Crippen LogP contribution is -2.43. The number of aryl methyl sites for hydroxylation is 1. The van der Waals surface area contributed by atoms with Crippen LogP contribution >= 0.6 is 0 Å². The van der Waals surface area contributed by atoms with Gasteiger partial charge in [0.2, 0.25) is 15.9 Å². The van der Waals surface area contributed by atoms with Crippen LogP contribution in [0.15, 0.2) is 48.7 Å². The predicted octanol–water partition coefficient (Wildman–Crippen LogP) is 3.77. The van der Waals surface area contributed by atoms with Crippen LogP contribution in [0.5, 0.6) is 0 Å². The molecule has 1 fully saturated rings. The zero-order valence-electron chi connectivity index (χ0n) is 19.7. The van der Waals surface area contributed by atoms with Gasteiger partial charge in [-0.25, -0.2) is 31.4 Å². The Balaban J connectivity index is 1.52. The summed E-state index contributed by atoms with van der Waals surface area (Å²) in [5, 5.41) is 4.74. The molecule has 1 saturated heterocycles. The molecule has 0 radical (unpaired) electrons. The molecule has 4 rings (SSSR count). The summed E-state index contributed by atoms with van der Waals surface area (Å²) in [7, 11) is -3.74. The monoisotopic (exact) mass is 533 g/mol. The number of halogens is 3. The average Bonchev–Trinajstić information content (AvgIpc) is 3.17. The van der Waals surface area contributed by atoms with Crippen molar-refractivity contribution in [3.05, 3.63) is 71.7 Å². The molecule has 2 aromatic carbocycles. The minimum atomic E-state index is -3.74. The fourth-order valence-corrected chi connectivity index (χ4v) is 4.44. The fourth-order valence-electron chi connectivity index (χ4n) is 3.93. The Morgan fingerprint density at radius 2 is 1.84 bits per heavy atom. The molecule has 0 unspecified atom stereocenters. The van der Waals surface area contributed by atoms with Gasteiger partial charge >= 0.3 is 6.03 Å². The van der Waals surface area contributed by atoms with Crippen molar-refractivity contribution in [3.63, 3.8) is 0 Å². The van der Waals surface area contributed by atoms with Gasteiger partial charge in [-0.1, -0.05) is 6.07 Å². The number of nitrogens with one attached hydrogen (secondary N) is 3. The van der Waals surface area contributed by atoms with Crippen molar-refractivity contribution in [3.8, 4) is 11.1 Å². The Morgan fingerprint density at radius 3 is 2.54 bits per heavy atom. The molecule has 1 aliphatic heterocycles. The summed E-state index contributed by atoms with van der Waals surface area (Å²) in [5.74, 6) is -4.14. The van der Waals surface area contributed by atoms with E-state index in [0.717, 1.165) is 11.2 Å². The number of benzene rings is 2. The molecule has 37 heavy (non-hydrogen) atoms. The topological polar surface area (TPSA) is 120 Å². The number of pyridine rings is 1. The SMILES string of the molecule is Cc1ccc(NC(=O)N[C@@H]2CCN(c3ccc(-c4cccnc4NS(C)(=O)=O)c(F)c3F)C2=O)c(F)c1. The summed E-state index contributed by atoms with van der Waals surface area (Å²) >= 11 is 0. The summed E-state index contributed by atoms with van der Waals surface area (Å²) in [6.07, 6.45) is 2.29. The van der Waals surface area contributed by atoms with Crippen LogP contribution in [0.1, 0.15) is 12.0 Å². The lowest BCUT2D eigenvalue weighted by molar-refractivity contribution is -0.118. The highest BCUT2D eigenvalue weighted by atomic mass is 32.2. The summed E-state index contributed by atoms with van der Waals surface area (Å²) in [5.41, 5.74) is -0.0162. The second kappa shape index (κ2) is 10.1. The molecule has 0 spiro atoms. The van der Waals surface area contributed by atoms with Crippen molar-refractivity contribution < 1.29 is 31.2 Å².